The van der Waals surface area contributed by atoms with E-state index < -0.39 is 0 Å². The summed E-state index contributed by atoms with van der Waals surface area (Å²) < 4.78 is 13.5. The van der Waals surface area contributed by atoms with Crippen LogP contribution in [0.25, 0.3) is 0 Å². The number of hydrogen-bond acceptors (Lipinski definition) is 3. The third-order valence-electron chi connectivity index (χ3n) is 3.10. The number of nitrogens with zero attached hydrogens (tertiary/aromatic N) is 1. The summed E-state index contributed by atoms with van der Waals surface area (Å²) in [6.07, 6.45) is 0. The van der Waals surface area contributed by atoms with Crippen molar-refractivity contribution in [2.45, 2.75) is 32.9 Å². The highest BCUT2D eigenvalue weighted by atomic mass is 19.1. The molecule has 0 fully saturated rings. The van der Waals surface area contributed by atoms with Crippen molar-refractivity contribution >= 4 is 5.69 Å². The van der Waals surface area contributed by atoms with Gasteiger partial charge in [0.15, 0.2) is 0 Å². The van der Waals surface area contributed by atoms with Crippen LogP contribution in [-0.4, -0.2) is 24.8 Å². The first-order valence-electron chi connectivity index (χ1n) is 5.77. The fourth-order valence-electron chi connectivity index (χ4n) is 1.71. The summed E-state index contributed by atoms with van der Waals surface area (Å²) in [7, 11) is 1.87. The predicted octanol–water partition coefficient (Wildman–Crippen LogP) is 1.97. The fourth-order valence-corrected chi connectivity index (χ4v) is 1.71. The van der Waals surface area contributed by atoms with Gasteiger partial charge in [0.1, 0.15) is 5.82 Å². The van der Waals surface area contributed by atoms with Crippen LogP contribution in [0.1, 0.15) is 31.0 Å². The second-order valence-electron chi connectivity index (χ2n) is 4.59. The molecule has 4 heteroatoms. The standard InChI is InChI=1S/C13H21FN2O/c1-8-5-13(16(4)9(2)7-17)11(10(3)15)6-12(8)14/h5-6,9-10,17H,7,15H2,1-4H3/t9?,10-/m0/s1. The van der Waals surface area contributed by atoms with Crippen molar-refractivity contribution in [3.63, 3.8) is 0 Å². The number of benzene rings is 1. The highest BCUT2D eigenvalue weighted by molar-refractivity contribution is 5.57. The lowest BCUT2D eigenvalue weighted by Crippen LogP contribution is -2.33. The summed E-state index contributed by atoms with van der Waals surface area (Å²) in [5.74, 6) is -0.244. The molecule has 0 aromatic heterocycles. The average Bonchev–Trinajstić information content (AvgIpc) is 2.29. The first-order chi connectivity index (χ1) is 7.88. The second-order valence-corrected chi connectivity index (χ2v) is 4.59. The zero-order valence-electron chi connectivity index (χ0n) is 10.9. The van der Waals surface area contributed by atoms with Gasteiger partial charge in [-0.2, -0.15) is 0 Å². The molecule has 0 radical (unpaired) electrons. The van der Waals surface area contributed by atoms with Gasteiger partial charge in [-0.1, -0.05) is 0 Å². The lowest BCUT2D eigenvalue weighted by molar-refractivity contribution is 0.270. The van der Waals surface area contributed by atoms with Crippen LogP contribution in [0.2, 0.25) is 0 Å². The minimum atomic E-state index is -0.244. The third kappa shape index (κ3) is 2.96. The number of aliphatic hydroxyl groups is 1. The molecule has 3 nitrogen and oxygen atoms in total. The van der Waals surface area contributed by atoms with E-state index in [0.717, 1.165) is 11.3 Å². The van der Waals surface area contributed by atoms with Gasteiger partial charge < -0.3 is 15.7 Å². The summed E-state index contributed by atoms with van der Waals surface area (Å²) in [4.78, 5) is 1.92. The molecule has 0 aliphatic carbocycles. The Labute approximate surface area is 102 Å². The fraction of sp³-hybridized carbons (Fsp3) is 0.538. The smallest absolute Gasteiger partial charge is 0.126 e. The summed E-state index contributed by atoms with van der Waals surface area (Å²) in [6.45, 7) is 5.50. The van der Waals surface area contributed by atoms with E-state index in [1.54, 1.807) is 13.0 Å². The SMILES string of the molecule is Cc1cc(N(C)C(C)CO)c([C@H](C)N)cc1F. The molecule has 1 aromatic carbocycles. The predicted molar refractivity (Wildman–Crippen MR) is 68.7 cm³/mol. The van der Waals surface area contributed by atoms with Crippen LogP contribution in [0, 0.1) is 12.7 Å². The van der Waals surface area contributed by atoms with Crippen molar-refractivity contribution < 1.29 is 9.50 Å². The van der Waals surface area contributed by atoms with Gasteiger partial charge in [-0.15, -0.1) is 0 Å². The van der Waals surface area contributed by atoms with Crippen LogP contribution in [0.3, 0.4) is 0 Å². The molecular weight excluding hydrogens is 219 g/mol. The first kappa shape index (κ1) is 13.9. The lowest BCUT2D eigenvalue weighted by atomic mass is 10.0. The second kappa shape index (κ2) is 5.47. The molecule has 96 valence electrons. The van der Waals surface area contributed by atoms with E-state index in [4.69, 9.17) is 5.73 Å². The van der Waals surface area contributed by atoms with E-state index in [2.05, 4.69) is 0 Å². The highest BCUT2D eigenvalue weighted by Gasteiger charge is 2.17. The minimum absolute atomic E-state index is 0.0302. The zero-order chi connectivity index (χ0) is 13.2. The van der Waals surface area contributed by atoms with Crippen LogP contribution >= 0.6 is 0 Å². The van der Waals surface area contributed by atoms with E-state index in [1.165, 1.54) is 6.07 Å². The molecule has 0 amide bonds. The van der Waals surface area contributed by atoms with Gasteiger partial charge in [-0.3, -0.25) is 0 Å². The van der Waals surface area contributed by atoms with E-state index in [1.807, 2.05) is 25.8 Å². The Morgan fingerprint density at radius 1 is 1.41 bits per heavy atom. The molecule has 17 heavy (non-hydrogen) atoms. The Kier molecular flexibility index (Phi) is 4.48. The number of rotatable bonds is 4. The van der Waals surface area contributed by atoms with E-state index in [0.29, 0.717) is 5.56 Å². The number of aryl methyl sites for hydroxylation is 1. The Balaban J connectivity index is 3.25. The molecular formula is C13H21FN2O. The van der Waals surface area contributed by atoms with Crippen molar-refractivity contribution in [2.24, 2.45) is 5.73 Å². The number of likely N-dealkylation sites (N-methyl/N-ethyl adjacent to an activating group) is 1. The largest absolute Gasteiger partial charge is 0.394 e. The Morgan fingerprint density at radius 2 is 2.00 bits per heavy atom. The third-order valence-corrected chi connectivity index (χ3v) is 3.10. The number of halogens is 1. The maximum absolute atomic E-state index is 13.5. The highest BCUT2D eigenvalue weighted by Crippen LogP contribution is 2.28. The Hall–Kier alpha value is -1.13. The van der Waals surface area contributed by atoms with Gasteiger partial charge in [0.25, 0.3) is 0 Å². The molecule has 0 bridgehead atoms. The monoisotopic (exact) mass is 240 g/mol. The first-order valence-corrected chi connectivity index (χ1v) is 5.77. The normalized spacial score (nSPS) is 14.5. The Morgan fingerprint density at radius 3 is 2.47 bits per heavy atom. The van der Waals surface area contributed by atoms with Gasteiger partial charge in [0.05, 0.1) is 6.61 Å². The van der Waals surface area contributed by atoms with Gasteiger partial charge >= 0.3 is 0 Å². The summed E-state index contributed by atoms with van der Waals surface area (Å²) in [5.41, 5.74) is 8.08. The van der Waals surface area contributed by atoms with Gasteiger partial charge in [0.2, 0.25) is 0 Å². The topological polar surface area (TPSA) is 49.5 Å². The molecule has 1 aromatic rings. The Bertz CT molecular complexity index is 393. The van der Waals surface area contributed by atoms with E-state index in [-0.39, 0.29) is 24.5 Å². The van der Waals surface area contributed by atoms with Crippen LogP contribution in [0.4, 0.5) is 10.1 Å². The number of anilines is 1. The van der Waals surface area contributed by atoms with Crippen LogP contribution in [-0.2, 0) is 0 Å². The van der Waals surface area contributed by atoms with Crippen LogP contribution < -0.4 is 10.6 Å². The van der Waals surface area contributed by atoms with Crippen LogP contribution in [0.5, 0.6) is 0 Å². The van der Waals surface area contributed by atoms with E-state index in [9.17, 15) is 9.50 Å². The summed E-state index contributed by atoms with van der Waals surface area (Å²) in [5, 5.41) is 9.17. The molecule has 1 unspecified atom stereocenters. The molecule has 0 aliphatic rings. The zero-order valence-corrected chi connectivity index (χ0v) is 10.9. The average molecular weight is 240 g/mol. The molecule has 0 saturated carbocycles. The van der Waals surface area contributed by atoms with Crippen molar-refractivity contribution in [1.29, 1.82) is 0 Å². The molecule has 2 atom stereocenters. The van der Waals surface area contributed by atoms with Crippen molar-refractivity contribution in [3.05, 3.63) is 29.1 Å². The van der Waals surface area contributed by atoms with Gasteiger partial charge in [-0.25, -0.2) is 4.39 Å². The lowest BCUT2D eigenvalue weighted by Gasteiger charge is -2.29. The molecule has 0 saturated heterocycles. The number of nitrogens with two attached hydrogens (primary N) is 1. The number of hydrogen-bond donors (Lipinski definition) is 2. The molecule has 0 spiro atoms. The quantitative estimate of drug-likeness (QED) is 0.846. The van der Waals surface area contributed by atoms with Gasteiger partial charge in [-0.05, 0) is 44.0 Å². The van der Waals surface area contributed by atoms with Crippen molar-refractivity contribution in [2.75, 3.05) is 18.6 Å². The molecule has 0 heterocycles. The summed E-state index contributed by atoms with van der Waals surface area (Å²) in [6, 6.07) is 2.99. The maximum atomic E-state index is 13.5. The van der Waals surface area contributed by atoms with Crippen molar-refractivity contribution in [3.8, 4) is 0 Å². The van der Waals surface area contributed by atoms with E-state index >= 15 is 0 Å². The molecule has 1 rings (SSSR count). The summed E-state index contributed by atoms with van der Waals surface area (Å²) >= 11 is 0. The molecule has 3 N–H and O–H groups in total. The molecule has 0 aliphatic heterocycles. The maximum Gasteiger partial charge on any atom is 0.126 e. The van der Waals surface area contributed by atoms with Crippen molar-refractivity contribution in [1.82, 2.24) is 0 Å². The minimum Gasteiger partial charge on any atom is -0.394 e. The van der Waals surface area contributed by atoms with Crippen LogP contribution in [0.15, 0.2) is 12.1 Å². The number of aliphatic hydroxyl groups excluding tert-OH is 1. The van der Waals surface area contributed by atoms with Gasteiger partial charge in [0, 0.05) is 24.8 Å².